The van der Waals surface area contributed by atoms with Crippen LogP contribution in [0, 0.1) is 0 Å². The van der Waals surface area contributed by atoms with Gasteiger partial charge in [-0.15, -0.1) is 0 Å². The molecule has 1 atom stereocenters. The summed E-state index contributed by atoms with van der Waals surface area (Å²) in [6, 6.07) is 5.40. The van der Waals surface area contributed by atoms with Gasteiger partial charge in [-0.25, -0.2) is 0 Å². The zero-order valence-corrected chi connectivity index (χ0v) is 13.9. The maximum absolute atomic E-state index is 12.6. The molecule has 20 heavy (non-hydrogen) atoms. The van der Waals surface area contributed by atoms with E-state index in [1.165, 1.54) is 0 Å². The molecule has 114 valence electrons. The molecule has 0 heterocycles. The molecule has 1 aromatic carbocycles. The van der Waals surface area contributed by atoms with Gasteiger partial charge in [0.15, 0.2) is 0 Å². The fourth-order valence-corrected chi connectivity index (χ4v) is 3.81. The summed E-state index contributed by atoms with van der Waals surface area (Å²) in [6.07, 6.45) is 0. The van der Waals surface area contributed by atoms with Crippen molar-refractivity contribution in [2.45, 2.75) is 19.6 Å². The highest BCUT2D eigenvalue weighted by Gasteiger charge is 2.35. The molecule has 1 aromatic rings. The zero-order valence-electron chi connectivity index (χ0n) is 12.3. The standard InChI is InChI=1S/C13H22ClN2O3P/c1-5-18-20(17,19-6-2)13(15)11-8-7-10(16(3)4)9-12(11)14/h7-9,13H,5-6,15H2,1-4H3/t13-/m0/s1. The number of rotatable bonds is 7. The third-order valence-electron chi connectivity index (χ3n) is 2.78. The number of nitrogens with zero attached hydrogens (tertiary/aromatic N) is 1. The van der Waals surface area contributed by atoms with Crippen molar-refractivity contribution in [2.24, 2.45) is 5.73 Å². The van der Waals surface area contributed by atoms with E-state index in [1.54, 1.807) is 26.0 Å². The van der Waals surface area contributed by atoms with Gasteiger partial charge < -0.3 is 19.7 Å². The van der Waals surface area contributed by atoms with Gasteiger partial charge in [-0.2, -0.15) is 0 Å². The van der Waals surface area contributed by atoms with Crippen LogP contribution in [0.3, 0.4) is 0 Å². The Bertz CT molecular complexity index is 487. The van der Waals surface area contributed by atoms with Gasteiger partial charge in [0.1, 0.15) is 5.78 Å². The Hall–Kier alpha value is -0.580. The number of hydrogen-bond acceptors (Lipinski definition) is 5. The molecule has 1 rings (SSSR count). The lowest BCUT2D eigenvalue weighted by atomic mass is 10.2. The van der Waals surface area contributed by atoms with Gasteiger partial charge in [0.05, 0.1) is 13.2 Å². The Morgan fingerprint density at radius 2 is 1.85 bits per heavy atom. The molecule has 0 unspecified atom stereocenters. The fraction of sp³-hybridized carbons (Fsp3) is 0.538. The van der Waals surface area contributed by atoms with Crippen LogP contribution in [0.15, 0.2) is 18.2 Å². The van der Waals surface area contributed by atoms with E-state index in [-0.39, 0.29) is 13.2 Å². The smallest absolute Gasteiger partial charge is 0.351 e. The minimum absolute atomic E-state index is 0.262. The molecular formula is C13H22ClN2O3P. The average molecular weight is 321 g/mol. The Morgan fingerprint density at radius 1 is 1.30 bits per heavy atom. The van der Waals surface area contributed by atoms with Crippen molar-refractivity contribution in [3.63, 3.8) is 0 Å². The van der Waals surface area contributed by atoms with Crippen molar-refractivity contribution >= 4 is 24.9 Å². The lowest BCUT2D eigenvalue weighted by molar-refractivity contribution is 0.212. The van der Waals surface area contributed by atoms with Crippen molar-refractivity contribution in [3.05, 3.63) is 28.8 Å². The molecular weight excluding hydrogens is 299 g/mol. The Morgan fingerprint density at radius 3 is 2.25 bits per heavy atom. The first-order valence-electron chi connectivity index (χ1n) is 6.46. The second kappa shape index (κ2) is 7.43. The monoisotopic (exact) mass is 320 g/mol. The fourth-order valence-electron chi connectivity index (χ4n) is 1.76. The molecule has 0 aliphatic heterocycles. The molecule has 0 saturated carbocycles. The first-order valence-corrected chi connectivity index (χ1v) is 8.45. The lowest BCUT2D eigenvalue weighted by Gasteiger charge is -2.24. The third-order valence-corrected chi connectivity index (χ3v) is 5.30. The number of anilines is 1. The second-order valence-corrected chi connectivity index (χ2v) is 6.98. The van der Waals surface area contributed by atoms with Crippen LogP contribution in [0.4, 0.5) is 5.69 Å². The molecule has 7 heteroatoms. The van der Waals surface area contributed by atoms with E-state index in [2.05, 4.69) is 0 Å². The van der Waals surface area contributed by atoms with Crippen LogP contribution in [0.25, 0.3) is 0 Å². The van der Waals surface area contributed by atoms with Crippen molar-refractivity contribution in [1.82, 2.24) is 0 Å². The molecule has 5 nitrogen and oxygen atoms in total. The van der Waals surface area contributed by atoms with Crippen molar-refractivity contribution in [1.29, 1.82) is 0 Å². The van der Waals surface area contributed by atoms with E-state index in [1.807, 2.05) is 25.1 Å². The lowest BCUT2D eigenvalue weighted by Crippen LogP contribution is -2.16. The van der Waals surface area contributed by atoms with E-state index in [4.69, 9.17) is 26.4 Å². The Balaban J connectivity index is 3.12. The first kappa shape index (κ1) is 17.5. The summed E-state index contributed by atoms with van der Waals surface area (Å²) in [6.45, 7) is 4.01. The van der Waals surface area contributed by atoms with Gasteiger partial charge in [0.2, 0.25) is 0 Å². The molecule has 0 aromatic heterocycles. The van der Waals surface area contributed by atoms with Crippen molar-refractivity contribution in [3.8, 4) is 0 Å². The van der Waals surface area contributed by atoms with Gasteiger partial charge in [0, 0.05) is 24.8 Å². The van der Waals surface area contributed by atoms with E-state index in [0.29, 0.717) is 10.6 Å². The van der Waals surface area contributed by atoms with Gasteiger partial charge in [-0.05, 0) is 31.5 Å². The van der Waals surface area contributed by atoms with E-state index in [9.17, 15) is 4.57 Å². The van der Waals surface area contributed by atoms with Crippen molar-refractivity contribution in [2.75, 3.05) is 32.2 Å². The summed E-state index contributed by atoms with van der Waals surface area (Å²) in [5.41, 5.74) is 7.56. The maximum atomic E-state index is 12.6. The van der Waals surface area contributed by atoms with Crippen LogP contribution in [0.2, 0.25) is 5.02 Å². The van der Waals surface area contributed by atoms with Crippen LogP contribution in [-0.4, -0.2) is 27.3 Å². The SMILES string of the molecule is CCOP(=O)(OCC)[C@H](N)c1ccc(N(C)C)cc1Cl. The van der Waals surface area contributed by atoms with Gasteiger partial charge in [0.25, 0.3) is 0 Å². The summed E-state index contributed by atoms with van der Waals surface area (Å²) < 4.78 is 23.2. The minimum Gasteiger partial charge on any atom is -0.378 e. The highest BCUT2D eigenvalue weighted by atomic mass is 35.5. The highest BCUT2D eigenvalue weighted by molar-refractivity contribution is 7.54. The predicted octanol–water partition coefficient (Wildman–Crippen LogP) is 3.63. The summed E-state index contributed by atoms with van der Waals surface area (Å²) in [4.78, 5) is 1.92. The van der Waals surface area contributed by atoms with E-state index in [0.717, 1.165) is 5.69 Å². The molecule has 0 bridgehead atoms. The number of halogens is 1. The maximum Gasteiger partial charge on any atom is 0.351 e. The normalized spacial score (nSPS) is 13.3. The molecule has 0 spiro atoms. The molecule has 0 radical (unpaired) electrons. The van der Waals surface area contributed by atoms with Crippen LogP contribution in [-0.2, 0) is 13.6 Å². The summed E-state index contributed by atoms with van der Waals surface area (Å²) in [7, 11) is 0.408. The molecule has 0 amide bonds. The average Bonchev–Trinajstić information content (AvgIpc) is 2.38. The second-order valence-electron chi connectivity index (χ2n) is 4.42. The van der Waals surface area contributed by atoms with Gasteiger partial charge in [-0.1, -0.05) is 17.7 Å². The van der Waals surface area contributed by atoms with Crippen LogP contribution < -0.4 is 10.6 Å². The quantitative estimate of drug-likeness (QED) is 0.777. The van der Waals surface area contributed by atoms with Crippen LogP contribution in [0.1, 0.15) is 25.2 Å². The summed E-state index contributed by atoms with van der Waals surface area (Å²) in [5.74, 6) is -0.897. The number of benzene rings is 1. The van der Waals surface area contributed by atoms with Gasteiger partial charge >= 0.3 is 7.60 Å². The first-order chi connectivity index (χ1) is 9.35. The Labute approximate surface area is 125 Å². The summed E-state index contributed by atoms with van der Waals surface area (Å²) >= 11 is 6.24. The van der Waals surface area contributed by atoms with Crippen LogP contribution >= 0.6 is 19.2 Å². The molecule has 0 fully saturated rings. The highest BCUT2D eigenvalue weighted by Crippen LogP contribution is 2.59. The van der Waals surface area contributed by atoms with Gasteiger partial charge in [-0.3, -0.25) is 4.57 Å². The largest absolute Gasteiger partial charge is 0.378 e. The molecule has 0 aliphatic rings. The number of hydrogen-bond donors (Lipinski definition) is 1. The van der Waals surface area contributed by atoms with E-state index >= 15 is 0 Å². The molecule has 0 aliphatic carbocycles. The molecule has 2 N–H and O–H groups in total. The minimum atomic E-state index is -3.42. The topological polar surface area (TPSA) is 64.8 Å². The van der Waals surface area contributed by atoms with E-state index < -0.39 is 13.4 Å². The van der Waals surface area contributed by atoms with Crippen molar-refractivity contribution < 1.29 is 13.6 Å². The number of nitrogens with two attached hydrogens (primary N) is 1. The summed E-state index contributed by atoms with van der Waals surface area (Å²) in [5, 5.41) is 0.448. The molecule has 0 saturated heterocycles. The predicted molar refractivity (Wildman–Crippen MR) is 83.6 cm³/mol. The third kappa shape index (κ3) is 3.96. The zero-order chi connectivity index (χ0) is 15.3. The Kier molecular flexibility index (Phi) is 6.49. The van der Waals surface area contributed by atoms with Crippen LogP contribution in [0.5, 0.6) is 0 Å².